The number of likely N-dealkylation sites (N-methyl/N-ethyl adjacent to an activating group) is 1. The zero-order valence-electron chi connectivity index (χ0n) is 16.8. The van der Waals surface area contributed by atoms with Crippen LogP contribution in [0.1, 0.15) is 22.7 Å². The van der Waals surface area contributed by atoms with Gasteiger partial charge in [-0.15, -0.1) is 0 Å². The first-order valence-electron chi connectivity index (χ1n) is 9.78. The van der Waals surface area contributed by atoms with E-state index in [1.807, 2.05) is 61.1 Å². The second-order valence-corrected chi connectivity index (χ2v) is 7.54. The number of anilines is 1. The first-order valence-corrected chi connectivity index (χ1v) is 9.78. The highest BCUT2D eigenvalue weighted by Crippen LogP contribution is 2.42. The molecule has 1 atom stereocenters. The number of fused-ring (bicyclic) bond motifs is 1. The minimum absolute atomic E-state index is 0.217. The van der Waals surface area contributed by atoms with Crippen molar-refractivity contribution in [3.05, 3.63) is 89.6 Å². The second kappa shape index (κ2) is 7.97. The van der Waals surface area contributed by atoms with Crippen molar-refractivity contribution in [2.24, 2.45) is 0 Å². The maximum absolute atomic E-state index is 11.4. The molecule has 0 saturated carbocycles. The predicted octanol–water partition coefficient (Wildman–Crippen LogP) is 4.07. The fraction of sp³-hybridized carbons (Fsp3) is 0.208. The fourth-order valence-electron chi connectivity index (χ4n) is 3.89. The molecular weight excluding hydrogens is 360 g/mol. The molecule has 5 nitrogen and oxygen atoms in total. The zero-order chi connectivity index (χ0) is 20.4. The Morgan fingerprint density at radius 3 is 2.41 bits per heavy atom. The van der Waals surface area contributed by atoms with E-state index in [-0.39, 0.29) is 11.8 Å². The molecule has 2 heterocycles. The third-order valence-corrected chi connectivity index (χ3v) is 5.26. The first-order chi connectivity index (χ1) is 14.1. The molecular formula is C24H26N4O. The number of aromatic nitrogens is 2. The Bertz CT molecular complexity index is 1120. The summed E-state index contributed by atoms with van der Waals surface area (Å²) < 4.78 is 1.99. The highest BCUT2D eigenvalue weighted by molar-refractivity contribution is 5.88. The molecule has 0 radical (unpaired) electrons. The van der Waals surface area contributed by atoms with Gasteiger partial charge in [0.2, 0.25) is 0 Å². The van der Waals surface area contributed by atoms with Crippen molar-refractivity contribution in [2.75, 3.05) is 26.4 Å². The van der Waals surface area contributed by atoms with Crippen LogP contribution < -0.4 is 5.73 Å². The SMILES string of the molecule is CN(C)CCn1c(O)c(C(c2ccccc2)c2cccc(N)n2)c2ccccc21. The maximum Gasteiger partial charge on any atom is 0.196 e. The van der Waals surface area contributed by atoms with Gasteiger partial charge in [0.1, 0.15) is 5.82 Å². The lowest BCUT2D eigenvalue weighted by atomic mass is 9.87. The standard InChI is InChI=1S/C24H26N4O/c1-27(2)15-16-28-20-13-7-6-11-18(20)23(24(28)29)22(17-9-4-3-5-10-17)19-12-8-14-21(25)26-19/h3-14,22,29H,15-16H2,1-2H3,(H2,25,26). The number of para-hydroxylation sites is 1. The minimum Gasteiger partial charge on any atom is -0.494 e. The van der Waals surface area contributed by atoms with Crippen molar-refractivity contribution in [1.29, 1.82) is 0 Å². The predicted molar refractivity (Wildman–Crippen MR) is 118 cm³/mol. The van der Waals surface area contributed by atoms with Crippen LogP contribution in [0.5, 0.6) is 5.88 Å². The van der Waals surface area contributed by atoms with Crippen molar-refractivity contribution < 1.29 is 5.11 Å². The van der Waals surface area contributed by atoms with Crippen LogP contribution in [0, 0.1) is 0 Å². The monoisotopic (exact) mass is 386 g/mol. The van der Waals surface area contributed by atoms with Crippen LogP contribution in [-0.2, 0) is 6.54 Å². The van der Waals surface area contributed by atoms with E-state index in [1.165, 1.54) is 0 Å². The Labute approximate surface area is 171 Å². The smallest absolute Gasteiger partial charge is 0.196 e. The number of nitrogens with zero attached hydrogens (tertiary/aromatic N) is 3. The molecule has 0 aliphatic heterocycles. The van der Waals surface area contributed by atoms with Crippen molar-refractivity contribution >= 4 is 16.7 Å². The molecule has 2 aromatic heterocycles. The zero-order valence-corrected chi connectivity index (χ0v) is 16.8. The molecule has 4 rings (SSSR count). The molecule has 0 aliphatic rings. The van der Waals surface area contributed by atoms with Crippen LogP contribution in [0.3, 0.4) is 0 Å². The van der Waals surface area contributed by atoms with Crippen molar-refractivity contribution in [2.45, 2.75) is 12.5 Å². The molecule has 0 aliphatic carbocycles. The van der Waals surface area contributed by atoms with E-state index in [9.17, 15) is 5.11 Å². The number of nitrogens with two attached hydrogens (primary N) is 1. The Balaban J connectivity index is 1.97. The van der Waals surface area contributed by atoms with Gasteiger partial charge in [0, 0.05) is 24.0 Å². The molecule has 0 bridgehead atoms. The molecule has 0 fully saturated rings. The normalized spacial score (nSPS) is 12.5. The van der Waals surface area contributed by atoms with Gasteiger partial charge in [0.05, 0.1) is 17.1 Å². The van der Waals surface area contributed by atoms with Crippen molar-refractivity contribution in [1.82, 2.24) is 14.5 Å². The Morgan fingerprint density at radius 2 is 1.69 bits per heavy atom. The van der Waals surface area contributed by atoms with Crippen LogP contribution in [-0.4, -0.2) is 40.2 Å². The number of rotatable bonds is 6. The van der Waals surface area contributed by atoms with E-state index >= 15 is 0 Å². The number of hydrogen-bond acceptors (Lipinski definition) is 4. The van der Waals surface area contributed by atoms with E-state index in [1.54, 1.807) is 6.07 Å². The quantitative estimate of drug-likeness (QED) is 0.524. The summed E-state index contributed by atoms with van der Waals surface area (Å²) in [5.74, 6) is 0.538. The first kappa shape index (κ1) is 19.0. The summed E-state index contributed by atoms with van der Waals surface area (Å²) in [6, 6.07) is 24.0. The number of pyridine rings is 1. The summed E-state index contributed by atoms with van der Waals surface area (Å²) >= 11 is 0. The number of aromatic hydroxyl groups is 1. The minimum atomic E-state index is -0.217. The van der Waals surface area contributed by atoms with Crippen LogP contribution in [0.25, 0.3) is 10.9 Å². The van der Waals surface area contributed by atoms with Crippen molar-refractivity contribution in [3.63, 3.8) is 0 Å². The molecule has 4 aromatic rings. The third-order valence-electron chi connectivity index (χ3n) is 5.26. The number of benzene rings is 2. The van der Waals surface area contributed by atoms with E-state index in [4.69, 9.17) is 5.73 Å². The lowest BCUT2D eigenvalue weighted by Crippen LogP contribution is -2.18. The Morgan fingerprint density at radius 1 is 0.966 bits per heavy atom. The van der Waals surface area contributed by atoms with Gasteiger partial charge in [0.15, 0.2) is 5.88 Å². The summed E-state index contributed by atoms with van der Waals surface area (Å²) in [6.45, 7) is 1.53. The molecule has 0 saturated heterocycles. The summed E-state index contributed by atoms with van der Waals surface area (Å²) in [7, 11) is 4.07. The molecule has 148 valence electrons. The molecule has 29 heavy (non-hydrogen) atoms. The van der Waals surface area contributed by atoms with Gasteiger partial charge in [-0.3, -0.25) is 0 Å². The Hall–Kier alpha value is -3.31. The van der Waals surface area contributed by atoms with Crippen LogP contribution in [0.15, 0.2) is 72.8 Å². The number of hydrogen-bond donors (Lipinski definition) is 2. The van der Waals surface area contributed by atoms with Gasteiger partial charge < -0.3 is 20.3 Å². The van der Waals surface area contributed by atoms with Crippen molar-refractivity contribution in [3.8, 4) is 5.88 Å². The van der Waals surface area contributed by atoms with Gasteiger partial charge in [-0.2, -0.15) is 0 Å². The lowest BCUT2D eigenvalue weighted by molar-refractivity contribution is 0.358. The van der Waals surface area contributed by atoms with Crippen LogP contribution in [0.2, 0.25) is 0 Å². The van der Waals surface area contributed by atoms with Gasteiger partial charge in [-0.25, -0.2) is 4.98 Å². The summed E-state index contributed by atoms with van der Waals surface area (Å²) in [4.78, 5) is 6.72. The largest absolute Gasteiger partial charge is 0.494 e. The highest BCUT2D eigenvalue weighted by Gasteiger charge is 2.27. The van der Waals surface area contributed by atoms with Gasteiger partial charge in [-0.1, -0.05) is 54.6 Å². The van der Waals surface area contributed by atoms with Gasteiger partial charge in [0.25, 0.3) is 0 Å². The Kier molecular flexibility index (Phi) is 5.23. The average Bonchev–Trinajstić information content (AvgIpc) is 2.99. The number of nitrogen functional groups attached to an aromatic ring is 1. The molecule has 3 N–H and O–H groups in total. The summed E-state index contributed by atoms with van der Waals surface area (Å²) in [6.07, 6.45) is 0. The maximum atomic E-state index is 11.4. The molecule has 0 spiro atoms. The van der Waals surface area contributed by atoms with Gasteiger partial charge >= 0.3 is 0 Å². The fourth-order valence-corrected chi connectivity index (χ4v) is 3.89. The summed E-state index contributed by atoms with van der Waals surface area (Å²) in [5.41, 5.74) is 9.78. The average molecular weight is 386 g/mol. The second-order valence-electron chi connectivity index (χ2n) is 7.54. The third kappa shape index (κ3) is 3.69. The molecule has 5 heteroatoms. The van der Waals surface area contributed by atoms with E-state index < -0.39 is 0 Å². The van der Waals surface area contributed by atoms with E-state index in [2.05, 4.69) is 34.1 Å². The van der Waals surface area contributed by atoms with E-state index in [0.717, 1.165) is 34.3 Å². The lowest BCUT2D eigenvalue weighted by Gasteiger charge is -2.18. The molecule has 2 aromatic carbocycles. The topological polar surface area (TPSA) is 67.3 Å². The van der Waals surface area contributed by atoms with E-state index in [0.29, 0.717) is 12.4 Å². The van der Waals surface area contributed by atoms with Gasteiger partial charge in [-0.05, 0) is 37.9 Å². The van der Waals surface area contributed by atoms with Crippen LogP contribution in [0.4, 0.5) is 5.82 Å². The molecule has 1 unspecified atom stereocenters. The molecule has 0 amide bonds. The highest BCUT2D eigenvalue weighted by atomic mass is 16.3. The summed E-state index contributed by atoms with van der Waals surface area (Å²) in [5, 5.41) is 12.4. The van der Waals surface area contributed by atoms with Crippen LogP contribution >= 0.6 is 0 Å².